The number of benzene rings is 1. The van der Waals surface area contributed by atoms with Crippen molar-refractivity contribution in [3.05, 3.63) is 23.9 Å². The van der Waals surface area contributed by atoms with E-state index in [0.717, 1.165) is 0 Å². The number of methoxy groups -OCH3 is 1. The quantitative estimate of drug-likeness (QED) is 0.211. The van der Waals surface area contributed by atoms with Crippen LogP contribution in [0, 0.1) is 34.5 Å². The number of fused-ring (bicyclic) bond motifs is 5. The molecule has 2 bridgehead atoms. The Balaban J connectivity index is 0.00000622. The first-order valence-corrected chi connectivity index (χ1v) is 22.1. The maximum absolute atomic E-state index is 16.4. The second kappa shape index (κ2) is 15.9. The molecule has 0 radical (unpaired) electrons. The molecule has 0 unspecified atom stereocenters. The number of rotatable bonds is 8. The van der Waals surface area contributed by atoms with Crippen molar-refractivity contribution >= 4 is 44.6 Å². The molecule has 3 heterocycles. The summed E-state index contributed by atoms with van der Waals surface area (Å²) in [6, 6.07) is 3.08. The van der Waals surface area contributed by atoms with Crippen LogP contribution in [0.5, 0.6) is 11.6 Å². The van der Waals surface area contributed by atoms with E-state index in [0.29, 0.717) is 25.0 Å². The van der Waals surface area contributed by atoms with Crippen molar-refractivity contribution in [2.75, 3.05) is 13.7 Å². The van der Waals surface area contributed by atoms with Crippen LogP contribution in [0.4, 0.5) is 17.6 Å². The van der Waals surface area contributed by atoms with Crippen molar-refractivity contribution in [1.29, 1.82) is 0 Å². The second-order valence-corrected chi connectivity index (χ2v) is 21.5. The number of carbonyl (C=O) groups excluding carboxylic acids is 4. The summed E-state index contributed by atoms with van der Waals surface area (Å²) in [4.78, 5) is 66.8. The fraction of sp³-hybridized carbons (Fsp3) is 0.721. The summed E-state index contributed by atoms with van der Waals surface area (Å²) < 4.78 is 106. The molecule has 1 aromatic heterocycles. The van der Waals surface area contributed by atoms with Gasteiger partial charge in [-0.3, -0.25) is 23.9 Å². The van der Waals surface area contributed by atoms with Crippen LogP contribution >= 0.6 is 0 Å². The molecule has 1 N–H and O–H groups in total. The van der Waals surface area contributed by atoms with Gasteiger partial charge in [-0.05, 0) is 69.9 Å². The van der Waals surface area contributed by atoms with Crippen molar-refractivity contribution in [1.82, 2.24) is 19.6 Å². The number of sulfonamides is 1. The van der Waals surface area contributed by atoms with Crippen molar-refractivity contribution in [2.24, 2.45) is 34.5 Å². The number of aromatic nitrogens is 2. The zero-order valence-corrected chi connectivity index (χ0v) is 35.8. The molecule has 1 aromatic carbocycles. The summed E-state index contributed by atoms with van der Waals surface area (Å²) in [5.74, 6) is -10.9. The first-order chi connectivity index (χ1) is 27.8. The number of ether oxygens (including phenoxy) is 3. The summed E-state index contributed by atoms with van der Waals surface area (Å²) in [5, 5.41) is 0. The topological polar surface area (TPSA) is 171 Å². The fourth-order valence-electron chi connectivity index (χ4n) is 9.08. The van der Waals surface area contributed by atoms with Crippen LogP contribution in [0.25, 0.3) is 11.0 Å². The van der Waals surface area contributed by atoms with E-state index in [2.05, 4.69) is 9.97 Å². The van der Waals surface area contributed by atoms with Crippen LogP contribution in [-0.2, 0) is 39.9 Å². The molecule has 8 atom stereocenters. The number of carbonyl (C=O) groups is 4. The average Bonchev–Trinajstić information content (AvgIpc) is 4.11. The normalized spacial score (nSPS) is 32.2. The molecule has 2 amide bonds. The van der Waals surface area contributed by atoms with E-state index in [1.54, 1.807) is 33.8 Å². The number of alkyl halides is 4. The lowest BCUT2D eigenvalue weighted by Crippen LogP contribution is -2.50. The highest BCUT2D eigenvalue weighted by Gasteiger charge is 2.67. The van der Waals surface area contributed by atoms with Gasteiger partial charge in [-0.25, -0.2) is 27.2 Å². The molecule has 2 aliphatic heterocycles. The molecule has 3 aliphatic carbocycles. The molecular weight excluding hydrogens is 825 g/mol. The predicted octanol–water partition coefficient (Wildman–Crippen LogP) is 7.14. The van der Waals surface area contributed by atoms with Crippen LogP contribution < -0.4 is 14.2 Å². The van der Waals surface area contributed by atoms with E-state index >= 15 is 8.78 Å². The molecule has 61 heavy (non-hydrogen) atoms. The third-order valence-corrected chi connectivity index (χ3v) is 15.9. The molecule has 4 fully saturated rings. The standard InChI is InChI=1S/C42H54F4N4O9S.CH4/c1-22-30-21-50(32(22)29(51)20-41(19-26(41)34(43)44)37(54)49-60(55,56)39(5)14-15-39)36(53)25(38(2,3)4)17-31(52)59-40(6)18-23(40)10-8-9-13-42(45,46)33-35(58-30)48-28-16-24(57-7)11-12-27(28)47-33;/h11-12,16,22-23,25-26,30,32,34H,8-10,13-15,17-21H2,1-7H3,(H,49,54);1H4/t22-,23-,25-,26+,30+,32+,40-,41-;/m1./s1. The van der Waals surface area contributed by atoms with Crippen LogP contribution in [0.15, 0.2) is 18.2 Å². The highest BCUT2D eigenvalue weighted by molar-refractivity contribution is 7.91. The minimum Gasteiger partial charge on any atom is -0.497 e. The minimum absolute atomic E-state index is 0. The van der Waals surface area contributed by atoms with Gasteiger partial charge in [0.1, 0.15) is 17.5 Å². The Kier molecular flexibility index (Phi) is 12.1. The van der Waals surface area contributed by atoms with Gasteiger partial charge >= 0.3 is 5.97 Å². The van der Waals surface area contributed by atoms with E-state index < -0.39 is 128 Å². The maximum atomic E-state index is 16.4. The third kappa shape index (κ3) is 8.80. The predicted molar refractivity (Wildman–Crippen MR) is 215 cm³/mol. The Morgan fingerprint density at radius 3 is 2.34 bits per heavy atom. The SMILES string of the molecule is C.COc1ccc2nc3c(nc2c1)O[C@H]1CN(C(=O)[C@H](C(C)(C)C)CC(=O)O[C@]2(C)C[C@H]2CCCCC3(F)F)[C@H](C(=O)C[C@]2(C(=O)NS(=O)(=O)C3(C)CC3)C[C@H]2C(F)F)[C@@H]1C. The van der Waals surface area contributed by atoms with Crippen molar-refractivity contribution < 1.29 is 59.4 Å². The van der Waals surface area contributed by atoms with E-state index in [1.165, 1.54) is 38.0 Å². The highest BCUT2D eigenvalue weighted by Crippen LogP contribution is 2.60. The molecule has 13 nitrogen and oxygen atoms in total. The molecule has 7 rings (SSSR count). The number of nitrogens with one attached hydrogen (secondary N) is 1. The number of hydrogen-bond donors (Lipinski definition) is 1. The Hall–Kier alpha value is -4.09. The fourth-order valence-corrected chi connectivity index (χ4v) is 10.4. The lowest BCUT2D eigenvalue weighted by atomic mass is 9.77. The Labute approximate surface area is 354 Å². The van der Waals surface area contributed by atoms with Gasteiger partial charge in [0, 0.05) is 36.7 Å². The molecule has 18 heteroatoms. The lowest BCUT2D eigenvalue weighted by Gasteiger charge is -2.35. The molecule has 0 spiro atoms. The van der Waals surface area contributed by atoms with Crippen LogP contribution in [0.1, 0.15) is 119 Å². The van der Waals surface area contributed by atoms with Gasteiger partial charge in [0.15, 0.2) is 11.5 Å². The summed E-state index contributed by atoms with van der Waals surface area (Å²) in [6.45, 7) is 9.59. The maximum Gasteiger partial charge on any atom is 0.307 e. The van der Waals surface area contributed by atoms with Gasteiger partial charge in [0.2, 0.25) is 34.1 Å². The summed E-state index contributed by atoms with van der Waals surface area (Å²) in [7, 11) is -2.84. The van der Waals surface area contributed by atoms with Crippen molar-refractivity contribution in [3.8, 4) is 11.6 Å². The van der Waals surface area contributed by atoms with E-state index in [1.807, 2.05) is 4.72 Å². The van der Waals surface area contributed by atoms with E-state index in [4.69, 9.17) is 14.2 Å². The van der Waals surface area contributed by atoms with Crippen LogP contribution in [-0.4, -0.2) is 89.4 Å². The van der Waals surface area contributed by atoms with E-state index in [9.17, 15) is 36.4 Å². The summed E-state index contributed by atoms with van der Waals surface area (Å²) in [6.07, 6.45) is -4.43. The van der Waals surface area contributed by atoms with Gasteiger partial charge in [-0.2, -0.15) is 8.78 Å². The zero-order chi connectivity index (χ0) is 44.0. The first kappa shape index (κ1) is 46.4. The molecule has 5 aliphatic rings. The summed E-state index contributed by atoms with van der Waals surface area (Å²) in [5.41, 5.74) is -4.24. The zero-order valence-electron chi connectivity index (χ0n) is 35.0. The van der Waals surface area contributed by atoms with Gasteiger partial charge in [-0.1, -0.05) is 41.5 Å². The number of nitrogens with zero attached hydrogens (tertiary/aromatic N) is 3. The number of halogens is 4. The van der Waals surface area contributed by atoms with Gasteiger partial charge in [0.25, 0.3) is 5.92 Å². The first-order valence-electron chi connectivity index (χ1n) is 20.7. The molecule has 338 valence electrons. The summed E-state index contributed by atoms with van der Waals surface area (Å²) >= 11 is 0. The Bertz CT molecular complexity index is 2200. The number of esters is 1. The number of ketones is 1. The van der Waals surface area contributed by atoms with Crippen molar-refractivity contribution in [2.45, 2.75) is 148 Å². The largest absolute Gasteiger partial charge is 0.497 e. The van der Waals surface area contributed by atoms with Gasteiger partial charge in [-0.15, -0.1) is 0 Å². The van der Waals surface area contributed by atoms with Crippen LogP contribution in [0.2, 0.25) is 0 Å². The Morgan fingerprint density at radius 1 is 1.05 bits per heavy atom. The number of hydrogen-bond acceptors (Lipinski definition) is 11. The average molecular weight is 883 g/mol. The van der Waals surface area contributed by atoms with Gasteiger partial charge < -0.3 is 19.1 Å². The number of amides is 2. The van der Waals surface area contributed by atoms with Crippen LogP contribution in [0.3, 0.4) is 0 Å². The Morgan fingerprint density at radius 2 is 1.74 bits per heavy atom. The molecular formula is C43H58F4N4O9S. The van der Waals surface area contributed by atoms with E-state index in [-0.39, 0.29) is 56.6 Å². The highest BCUT2D eigenvalue weighted by atomic mass is 32.2. The number of Topliss-reactive ketones (excluding diaryl/α,β-unsaturated/α-hetero) is 1. The monoisotopic (exact) mass is 882 g/mol. The second-order valence-electron chi connectivity index (χ2n) is 19.3. The molecule has 1 saturated heterocycles. The lowest BCUT2D eigenvalue weighted by molar-refractivity contribution is -0.158. The van der Waals surface area contributed by atoms with Gasteiger partial charge in [0.05, 0.1) is 53.2 Å². The third-order valence-electron chi connectivity index (χ3n) is 13.8. The molecule has 3 saturated carbocycles. The molecule has 2 aromatic rings. The van der Waals surface area contributed by atoms with Crippen molar-refractivity contribution in [3.63, 3.8) is 0 Å². The minimum atomic E-state index is -4.27. The smallest absolute Gasteiger partial charge is 0.307 e.